The SMILES string of the molecule is CC(=O)OC(/C=C(\C)C(O)CC=C(C)C)C/C(C)=C/COc1ccc2ccc(=O)oc2c1.CC(=O)O[C@H](CC/C(C)=C/CC/C(C)=C/COc1ccc2ccc(=O)oc2c1)C(C)(C)O.CC(C)(O)c1ccc2c(c1)C=C[C@H]1[C@](C)(C(=O)O)CCC[C@]21C. The standard InChI is InChI=1S/C26H32O6.C26H34O6.C20H26O3/c1-17(2)6-10-24(28)19(4)15-23(31-20(5)27)14-18(3)12-13-30-22-9-7-21-8-11-26(29)32-25(21)16-22;1-18(9-13-24(26(4,5)29)31-20(3)27)7-6-8-19(2)15-16-30-22-12-10-21-11-14-25(28)32-23(21)17-22;1-18(2,23)14-7-8-15-13(12-14)6-9-16-19(15,3)10-5-11-20(16,4)17(21)22/h6-9,11-12,15-16,23-24,28H,10,13-14H2,1-5H3;7,10-12,14-15,17,24,29H,6,8-9,13,16H2,1-5H3;6-9,12,16,23H,5,10-11H2,1-4H3,(H,21,22)/b18-12+,19-15+;18-7+,19-15+;/t;24-;16-,19-,20-/m.11/s1. The maximum absolute atomic E-state index is 11.9. The number of carboxylic acid groups (broad SMARTS) is 1. The third kappa shape index (κ3) is 21.4. The lowest BCUT2D eigenvalue weighted by atomic mass is 9.51. The second-order valence-corrected chi connectivity index (χ2v) is 25.0. The number of allylic oxidation sites excluding steroid dienone is 5. The Balaban J connectivity index is 0.000000241. The van der Waals surface area contributed by atoms with Gasteiger partial charge in [0.15, 0.2) is 0 Å². The predicted molar refractivity (Wildman–Crippen MR) is 343 cm³/mol. The molecular weight excluding hydrogens is 1100 g/mol. The number of ether oxygens (including phenoxy) is 4. The van der Waals surface area contributed by atoms with Crippen molar-refractivity contribution >= 4 is 45.9 Å². The van der Waals surface area contributed by atoms with E-state index in [4.69, 9.17) is 27.8 Å². The number of rotatable bonds is 23. The number of hydrogen-bond acceptors (Lipinski definition) is 14. The van der Waals surface area contributed by atoms with Crippen LogP contribution in [0, 0.1) is 11.3 Å². The molecule has 7 rings (SSSR count). The summed E-state index contributed by atoms with van der Waals surface area (Å²) in [5.74, 6) is -0.211. The normalized spacial score (nSPS) is 19.0. The highest BCUT2D eigenvalue weighted by atomic mass is 16.6. The molecule has 2 unspecified atom stereocenters. The van der Waals surface area contributed by atoms with Crippen LogP contribution >= 0.6 is 0 Å². The number of aliphatic hydroxyl groups is 3. The fourth-order valence-electron chi connectivity index (χ4n) is 11.0. The molecule has 5 aromatic rings. The Morgan fingerprint density at radius 1 is 0.690 bits per heavy atom. The summed E-state index contributed by atoms with van der Waals surface area (Å²) in [5, 5.41) is 42.2. The van der Waals surface area contributed by atoms with Crippen LogP contribution in [0.1, 0.15) is 171 Å². The highest BCUT2D eigenvalue weighted by Crippen LogP contribution is 2.56. The number of esters is 2. The molecule has 87 heavy (non-hydrogen) atoms. The molecule has 470 valence electrons. The number of fused-ring (bicyclic) bond motifs is 5. The summed E-state index contributed by atoms with van der Waals surface area (Å²) in [6, 6.07) is 23.1. The van der Waals surface area contributed by atoms with Crippen LogP contribution in [0.25, 0.3) is 28.0 Å². The summed E-state index contributed by atoms with van der Waals surface area (Å²) in [7, 11) is 0. The van der Waals surface area contributed by atoms with Gasteiger partial charge in [-0.2, -0.15) is 0 Å². The molecule has 1 saturated carbocycles. The van der Waals surface area contributed by atoms with Crippen LogP contribution in [-0.4, -0.2) is 75.5 Å². The second kappa shape index (κ2) is 31.4. The van der Waals surface area contributed by atoms with Crippen molar-refractivity contribution in [3.05, 3.63) is 181 Å². The van der Waals surface area contributed by atoms with E-state index >= 15 is 0 Å². The largest absolute Gasteiger partial charge is 0.489 e. The number of aliphatic hydroxyl groups excluding tert-OH is 1. The Hall–Kier alpha value is -7.59. The molecule has 0 radical (unpaired) electrons. The van der Waals surface area contributed by atoms with E-state index in [2.05, 4.69) is 39.0 Å². The minimum atomic E-state index is -1.07. The number of carbonyl (C=O) groups excluding carboxylic acids is 2. The van der Waals surface area contributed by atoms with Crippen molar-refractivity contribution in [3.63, 3.8) is 0 Å². The Morgan fingerprint density at radius 2 is 1.24 bits per heavy atom. The van der Waals surface area contributed by atoms with Gasteiger partial charge in [-0.1, -0.05) is 72.1 Å². The molecule has 2 aliphatic rings. The van der Waals surface area contributed by atoms with E-state index in [1.54, 1.807) is 58.0 Å². The maximum atomic E-state index is 11.9. The van der Waals surface area contributed by atoms with Gasteiger partial charge in [-0.05, 0) is 204 Å². The van der Waals surface area contributed by atoms with Crippen LogP contribution in [0.5, 0.6) is 11.5 Å². The quantitative estimate of drug-likeness (QED) is 0.0271. The highest BCUT2D eigenvalue weighted by Gasteiger charge is 2.54. The van der Waals surface area contributed by atoms with Crippen LogP contribution < -0.4 is 20.7 Å². The molecule has 3 aromatic carbocycles. The second-order valence-electron chi connectivity index (χ2n) is 25.0. The van der Waals surface area contributed by atoms with Gasteiger partial charge in [0.2, 0.25) is 0 Å². The summed E-state index contributed by atoms with van der Waals surface area (Å²) >= 11 is 0. The van der Waals surface area contributed by atoms with E-state index < -0.39 is 46.5 Å². The molecule has 6 atom stereocenters. The van der Waals surface area contributed by atoms with Gasteiger partial charge in [-0.15, -0.1) is 0 Å². The Kier molecular flexibility index (Phi) is 25.3. The van der Waals surface area contributed by atoms with Crippen molar-refractivity contribution in [3.8, 4) is 11.5 Å². The molecule has 0 aliphatic heterocycles. The highest BCUT2D eigenvalue weighted by molar-refractivity contribution is 5.79. The summed E-state index contributed by atoms with van der Waals surface area (Å²) < 4.78 is 32.6. The van der Waals surface area contributed by atoms with Gasteiger partial charge in [-0.3, -0.25) is 14.4 Å². The minimum Gasteiger partial charge on any atom is -0.489 e. The van der Waals surface area contributed by atoms with E-state index in [0.717, 1.165) is 77.1 Å². The van der Waals surface area contributed by atoms with Crippen molar-refractivity contribution < 1.29 is 62.6 Å². The lowest BCUT2D eigenvalue weighted by molar-refractivity contribution is -0.160. The molecule has 15 nitrogen and oxygen atoms in total. The number of carbonyl (C=O) groups is 3. The number of benzene rings is 3. The monoisotopic (exact) mass is 1200 g/mol. The number of hydrogen-bond donors (Lipinski definition) is 4. The first kappa shape index (κ1) is 70.2. The van der Waals surface area contributed by atoms with Gasteiger partial charge < -0.3 is 48.2 Å². The lowest BCUT2D eigenvalue weighted by Gasteiger charge is -2.51. The van der Waals surface area contributed by atoms with Crippen molar-refractivity contribution in [1.82, 2.24) is 0 Å². The molecule has 0 spiro atoms. The van der Waals surface area contributed by atoms with Crippen LogP contribution in [0.3, 0.4) is 0 Å². The van der Waals surface area contributed by atoms with Gasteiger partial charge in [-0.25, -0.2) is 9.59 Å². The fourth-order valence-corrected chi connectivity index (χ4v) is 11.0. The molecule has 4 N–H and O–H groups in total. The van der Waals surface area contributed by atoms with Crippen LogP contribution in [0.2, 0.25) is 0 Å². The van der Waals surface area contributed by atoms with Crippen molar-refractivity contribution in [2.75, 3.05) is 13.2 Å². The molecule has 0 saturated heterocycles. The zero-order valence-electron chi connectivity index (χ0n) is 53.4. The van der Waals surface area contributed by atoms with Crippen LogP contribution in [-0.2, 0) is 34.9 Å². The smallest absolute Gasteiger partial charge is 0.336 e. The molecule has 2 aromatic heterocycles. The average Bonchev–Trinajstić information content (AvgIpc) is 0.739. The van der Waals surface area contributed by atoms with E-state index in [1.807, 2.05) is 95.3 Å². The molecule has 1 fully saturated rings. The average molecular weight is 1200 g/mol. The van der Waals surface area contributed by atoms with Crippen molar-refractivity contribution in [2.24, 2.45) is 11.3 Å². The first-order valence-electron chi connectivity index (χ1n) is 29.9. The van der Waals surface area contributed by atoms with Gasteiger partial charge in [0.25, 0.3) is 0 Å². The third-order valence-electron chi connectivity index (χ3n) is 16.1. The zero-order valence-corrected chi connectivity index (χ0v) is 53.4. The van der Waals surface area contributed by atoms with Crippen molar-refractivity contribution in [1.29, 1.82) is 0 Å². The van der Waals surface area contributed by atoms with E-state index in [-0.39, 0.29) is 28.9 Å². The molecule has 2 heterocycles. The summed E-state index contributed by atoms with van der Waals surface area (Å²) in [5.41, 5.74) is 5.89. The molecule has 0 amide bonds. The first-order chi connectivity index (χ1) is 40.8. The predicted octanol–water partition coefficient (Wildman–Crippen LogP) is 14.5. The molecule has 15 heteroatoms. The van der Waals surface area contributed by atoms with Gasteiger partial charge in [0.05, 0.1) is 22.7 Å². The third-order valence-corrected chi connectivity index (χ3v) is 16.1. The van der Waals surface area contributed by atoms with E-state index in [9.17, 15) is 44.4 Å². The first-order valence-corrected chi connectivity index (χ1v) is 29.9. The van der Waals surface area contributed by atoms with Gasteiger partial charge >= 0.3 is 29.2 Å². The molecular formula is C72H92O15. The minimum absolute atomic E-state index is 0.00161. The number of aliphatic carboxylic acids is 1. The van der Waals surface area contributed by atoms with Gasteiger partial charge in [0, 0.05) is 66.6 Å². The topological polar surface area (TPSA) is 229 Å². The fraction of sp³-hybridized carbons (Fsp3) is 0.458. The van der Waals surface area contributed by atoms with Crippen LogP contribution in [0.15, 0.2) is 162 Å². The van der Waals surface area contributed by atoms with Crippen LogP contribution in [0.4, 0.5) is 0 Å². The summed E-state index contributed by atoms with van der Waals surface area (Å²) in [6.07, 6.45) is 19.2. The van der Waals surface area contributed by atoms with E-state index in [1.165, 1.54) is 42.7 Å². The Morgan fingerprint density at radius 3 is 1.77 bits per heavy atom. The maximum Gasteiger partial charge on any atom is 0.336 e. The summed E-state index contributed by atoms with van der Waals surface area (Å²) in [6.45, 7) is 26.3. The lowest BCUT2D eigenvalue weighted by Crippen LogP contribution is -2.50. The molecule has 2 aliphatic carbocycles. The Bertz CT molecular complexity index is 3500. The Labute approximate surface area is 512 Å². The van der Waals surface area contributed by atoms with Gasteiger partial charge in [0.1, 0.15) is 48.1 Å². The molecule has 0 bridgehead atoms. The summed E-state index contributed by atoms with van der Waals surface area (Å²) in [4.78, 5) is 57.4. The van der Waals surface area contributed by atoms with Crippen molar-refractivity contribution in [2.45, 2.75) is 190 Å². The number of carboxylic acids is 1. The zero-order chi connectivity index (χ0) is 64.4. The van der Waals surface area contributed by atoms with E-state index in [0.29, 0.717) is 55.1 Å².